The van der Waals surface area contributed by atoms with Gasteiger partial charge in [0.25, 0.3) is 0 Å². The number of hydrogen-bond donors (Lipinski definition) is 2. The highest BCUT2D eigenvalue weighted by Gasteiger charge is 2.37. The molecule has 1 atom stereocenters. The van der Waals surface area contributed by atoms with Gasteiger partial charge < -0.3 is 10.4 Å². The minimum absolute atomic E-state index is 0. The largest absolute Gasteiger partial charge is 0.507 e. The fraction of sp³-hybridized carbons (Fsp3) is 0.375. The van der Waals surface area contributed by atoms with Crippen LogP contribution < -0.4 is 5.32 Å². The Bertz CT molecular complexity index is 710. The average molecular weight is 494 g/mol. The highest BCUT2D eigenvalue weighted by molar-refractivity contribution is 9.10. The van der Waals surface area contributed by atoms with Crippen LogP contribution in [0, 0.1) is 0 Å². The third-order valence-corrected chi connectivity index (χ3v) is 5.42. The minimum Gasteiger partial charge on any atom is -0.507 e. The number of aromatic hydroxyl groups is 1. The Labute approximate surface area is 174 Å². The van der Waals surface area contributed by atoms with Gasteiger partial charge in [-0.1, -0.05) is 22.0 Å². The van der Waals surface area contributed by atoms with Gasteiger partial charge in [-0.3, -0.25) is 4.90 Å². The molecular formula is C16H18BrCl2F3N2OS. The number of nitrogens with zero attached hydrogens (tertiary/aromatic N) is 1. The Kier molecular flexibility index (Phi) is 8.70. The molecule has 26 heavy (non-hydrogen) atoms. The highest BCUT2D eigenvalue weighted by atomic mass is 79.9. The van der Waals surface area contributed by atoms with Crippen molar-refractivity contribution >= 4 is 52.1 Å². The molecule has 0 amide bonds. The predicted octanol–water partition coefficient (Wildman–Crippen LogP) is 5.07. The van der Waals surface area contributed by atoms with E-state index in [1.54, 1.807) is 6.07 Å². The van der Waals surface area contributed by atoms with Crippen LogP contribution in [0.1, 0.15) is 22.0 Å². The summed E-state index contributed by atoms with van der Waals surface area (Å²) in [6, 6.07) is 5.87. The van der Waals surface area contributed by atoms with Crippen molar-refractivity contribution < 1.29 is 18.3 Å². The molecule has 0 radical (unpaired) electrons. The lowest BCUT2D eigenvalue weighted by Crippen LogP contribution is -2.45. The van der Waals surface area contributed by atoms with E-state index in [0.717, 1.165) is 24.0 Å². The molecular weight excluding hydrogens is 476 g/mol. The van der Waals surface area contributed by atoms with Crippen molar-refractivity contribution in [1.82, 2.24) is 10.2 Å². The smallest absolute Gasteiger partial charge is 0.420 e. The summed E-state index contributed by atoms with van der Waals surface area (Å²) in [5, 5.41) is 15.5. The van der Waals surface area contributed by atoms with Gasteiger partial charge in [0.15, 0.2) is 0 Å². The molecule has 1 aromatic carbocycles. The van der Waals surface area contributed by atoms with Gasteiger partial charge in [-0.15, -0.1) is 36.2 Å². The molecule has 10 heteroatoms. The number of halogens is 6. The number of thiophene rings is 1. The third kappa shape index (κ3) is 5.05. The van der Waals surface area contributed by atoms with E-state index < -0.39 is 23.5 Å². The fourth-order valence-electron chi connectivity index (χ4n) is 2.96. The Hall–Kier alpha value is -0.510. The molecule has 1 saturated heterocycles. The summed E-state index contributed by atoms with van der Waals surface area (Å²) < 4.78 is 40.1. The number of benzene rings is 1. The average Bonchev–Trinajstić information content (AvgIpc) is 3.04. The lowest BCUT2D eigenvalue weighted by molar-refractivity contribution is -0.138. The van der Waals surface area contributed by atoms with Crippen molar-refractivity contribution in [2.75, 3.05) is 26.2 Å². The van der Waals surface area contributed by atoms with Gasteiger partial charge >= 0.3 is 6.18 Å². The summed E-state index contributed by atoms with van der Waals surface area (Å²) in [7, 11) is 0. The zero-order chi connectivity index (χ0) is 17.3. The lowest BCUT2D eigenvalue weighted by Gasteiger charge is -2.35. The molecule has 3 nitrogen and oxygen atoms in total. The van der Waals surface area contributed by atoms with E-state index in [2.05, 4.69) is 26.1 Å². The molecule has 146 valence electrons. The number of rotatable bonds is 3. The van der Waals surface area contributed by atoms with Crippen molar-refractivity contribution in [3.63, 3.8) is 0 Å². The van der Waals surface area contributed by atoms with Gasteiger partial charge in [-0.2, -0.15) is 13.2 Å². The van der Waals surface area contributed by atoms with Crippen LogP contribution in [0.25, 0.3) is 0 Å². The molecule has 3 rings (SSSR count). The first-order chi connectivity index (χ1) is 11.4. The van der Waals surface area contributed by atoms with Gasteiger partial charge in [0.05, 0.1) is 11.6 Å². The van der Waals surface area contributed by atoms with Crippen molar-refractivity contribution in [3.8, 4) is 5.75 Å². The second kappa shape index (κ2) is 9.61. The quantitative estimate of drug-likeness (QED) is 0.626. The Morgan fingerprint density at radius 2 is 1.85 bits per heavy atom. The summed E-state index contributed by atoms with van der Waals surface area (Å²) >= 11 is 4.63. The van der Waals surface area contributed by atoms with E-state index in [4.69, 9.17) is 0 Å². The first-order valence-corrected chi connectivity index (χ1v) is 9.13. The number of nitrogens with one attached hydrogen (secondary N) is 1. The summed E-state index contributed by atoms with van der Waals surface area (Å²) in [4.78, 5) is 3.02. The fourth-order valence-corrected chi connectivity index (χ4v) is 4.31. The van der Waals surface area contributed by atoms with Crippen LogP contribution in [-0.4, -0.2) is 36.2 Å². The van der Waals surface area contributed by atoms with Crippen LogP contribution >= 0.6 is 52.1 Å². The first kappa shape index (κ1) is 23.5. The van der Waals surface area contributed by atoms with Crippen molar-refractivity contribution in [2.45, 2.75) is 12.2 Å². The van der Waals surface area contributed by atoms with Crippen LogP contribution in [0.2, 0.25) is 0 Å². The standard InChI is InChI=1S/C16H16BrF3N2OS.2ClH/c17-10-8-11(15(23)12(9-10)16(18,19)20)14(13-2-1-7-24-13)22-5-3-21-4-6-22;;/h1-2,7-9,14,21,23H,3-6H2;2*1H/t14-;;/m0../s1. The van der Waals surface area contributed by atoms with Gasteiger partial charge in [0.1, 0.15) is 5.75 Å². The number of piperazine rings is 1. The second-order valence-corrected chi connectivity index (χ2v) is 7.49. The topological polar surface area (TPSA) is 35.5 Å². The van der Waals surface area contributed by atoms with E-state index in [1.807, 2.05) is 17.5 Å². The highest BCUT2D eigenvalue weighted by Crippen LogP contribution is 2.44. The molecule has 2 N–H and O–H groups in total. The SMILES string of the molecule is Cl.Cl.Oc1c([C@@H](c2cccs2)N2CCNCC2)cc(Br)cc1C(F)(F)F. The van der Waals surface area contributed by atoms with Gasteiger partial charge in [0.2, 0.25) is 0 Å². The molecule has 1 aromatic heterocycles. The number of alkyl halides is 3. The van der Waals surface area contributed by atoms with Crippen molar-refractivity contribution in [2.24, 2.45) is 0 Å². The van der Waals surface area contributed by atoms with Gasteiger partial charge in [-0.05, 0) is 23.6 Å². The number of phenolic OH excluding ortho intramolecular Hbond substituents is 1. The van der Waals surface area contributed by atoms with E-state index in [-0.39, 0.29) is 30.4 Å². The first-order valence-electron chi connectivity index (χ1n) is 7.45. The molecule has 1 aliphatic heterocycles. The molecule has 1 fully saturated rings. The lowest BCUT2D eigenvalue weighted by atomic mass is 9.98. The Morgan fingerprint density at radius 1 is 1.19 bits per heavy atom. The molecule has 0 spiro atoms. The van der Waals surface area contributed by atoms with Crippen LogP contribution in [0.15, 0.2) is 34.1 Å². The summed E-state index contributed by atoms with van der Waals surface area (Å²) in [5.41, 5.74) is -0.732. The van der Waals surface area contributed by atoms with Crippen molar-refractivity contribution in [1.29, 1.82) is 0 Å². The molecule has 1 aliphatic rings. The van der Waals surface area contributed by atoms with Crippen LogP contribution in [0.5, 0.6) is 5.75 Å². The molecule has 0 saturated carbocycles. The zero-order valence-corrected chi connectivity index (χ0v) is 17.5. The van der Waals surface area contributed by atoms with E-state index in [9.17, 15) is 18.3 Å². The maximum atomic E-state index is 13.3. The summed E-state index contributed by atoms with van der Waals surface area (Å²) in [6.07, 6.45) is -4.61. The molecule has 2 heterocycles. The Morgan fingerprint density at radius 3 is 2.38 bits per heavy atom. The zero-order valence-electron chi connectivity index (χ0n) is 13.4. The Balaban J connectivity index is 0.00000169. The van der Waals surface area contributed by atoms with E-state index in [0.29, 0.717) is 17.6 Å². The summed E-state index contributed by atoms with van der Waals surface area (Å²) in [5.74, 6) is -0.692. The number of phenols is 1. The van der Waals surface area contributed by atoms with Crippen LogP contribution in [0.4, 0.5) is 13.2 Å². The van der Waals surface area contributed by atoms with E-state index in [1.165, 1.54) is 11.3 Å². The second-order valence-electron chi connectivity index (χ2n) is 5.59. The molecule has 0 bridgehead atoms. The maximum Gasteiger partial charge on any atom is 0.420 e. The van der Waals surface area contributed by atoms with Crippen LogP contribution in [0.3, 0.4) is 0 Å². The third-order valence-electron chi connectivity index (χ3n) is 4.03. The number of hydrogen-bond acceptors (Lipinski definition) is 4. The predicted molar refractivity (Wildman–Crippen MR) is 106 cm³/mol. The molecule has 0 unspecified atom stereocenters. The molecule has 2 aromatic rings. The van der Waals surface area contributed by atoms with Gasteiger partial charge in [-0.25, -0.2) is 0 Å². The molecule has 0 aliphatic carbocycles. The van der Waals surface area contributed by atoms with Crippen molar-refractivity contribution in [3.05, 3.63) is 50.1 Å². The maximum absolute atomic E-state index is 13.3. The summed E-state index contributed by atoms with van der Waals surface area (Å²) in [6.45, 7) is 2.94. The minimum atomic E-state index is -4.61. The van der Waals surface area contributed by atoms with Crippen LogP contribution in [-0.2, 0) is 6.18 Å². The monoisotopic (exact) mass is 492 g/mol. The van der Waals surface area contributed by atoms with E-state index >= 15 is 0 Å². The normalized spacial score (nSPS) is 16.5. The van der Waals surface area contributed by atoms with Gasteiger partial charge in [0, 0.05) is 41.1 Å².